The van der Waals surface area contributed by atoms with Crippen LogP contribution in [0.3, 0.4) is 0 Å². The van der Waals surface area contributed by atoms with Crippen molar-refractivity contribution >= 4 is 51.9 Å². The molecule has 64 heavy (non-hydrogen) atoms. The minimum atomic E-state index is -2.69. The van der Waals surface area contributed by atoms with Gasteiger partial charge in [-0.15, -0.1) is 0 Å². The largest absolute Gasteiger partial charge is 0.383 e. The average Bonchev–Trinajstić information content (AvgIpc) is 3.97. The Balaban J connectivity index is 0.827. The smallest absolute Gasteiger partial charge is 0.329 e. The van der Waals surface area contributed by atoms with Crippen LogP contribution in [0.4, 0.5) is 26.0 Å². The van der Waals surface area contributed by atoms with Crippen LogP contribution in [-0.4, -0.2) is 94.8 Å². The van der Waals surface area contributed by atoms with Gasteiger partial charge in [-0.2, -0.15) is 10.2 Å². The Labute approximate surface area is 369 Å². The number of nitrogens with zero attached hydrogens (tertiary/aromatic N) is 9. The molecular formula is C46H55F2N11O5. The number of carbonyl (C=O) groups excluding carboxylic acids is 4. The van der Waals surface area contributed by atoms with Crippen molar-refractivity contribution in [1.29, 1.82) is 0 Å². The Hall–Kier alpha value is -6.33. The molecule has 0 aliphatic carbocycles. The van der Waals surface area contributed by atoms with Crippen molar-refractivity contribution in [2.24, 2.45) is 14.1 Å². The predicted molar refractivity (Wildman–Crippen MR) is 236 cm³/mol. The van der Waals surface area contributed by atoms with E-state index in [1.165, 1.54) is 9.13 Å². The molecule has 1 unspecified atom stereocenters. The van der Waals surface area contributed by atoms with Crippen molar-refractivity contribution in [2.45, 2.75) is 103 Å². The molecule has 5 aromatic rings. The van der Waals surface area contributed by atoms with E-state index in [9.17, 15) is 32.8 Å². The number of fused-ring (bicyclic) bond motifs is 3. The van der Waals surface area contributed by atoms with Gasteiger partial charge in [0, 0.05) is 107 Å². The predicted octanol–water partition coefficient (Wildman–Crippen LogP) is 5.68. The number of nitrogens with one attached hydrogen (secondary N) is 2. The van der Waals surface area contributed by atoms with Crippen LogP contribution in [0.2, 0.25) is 0 Å². The number of benzene rings is 2. The number of aryl methyl sites for hydroxylation is 3. The summed E-state index contributed by atoms with van der Waals surface area (Å²) in [5.74, 6) is 0.0326. The highest BCUT2D eigenvalue weighted by Crippen LogP contribution is 2.44. The van der Waals surface area contributed by atoms with Gasteiger partial charge in [0.1, 0.15) is 6.04 Å². The molecule has 4 amide bonds. The number of imide groups is 1. The minimum Gasteiger partial charge on any atom is -0.383 e. The van der Waals surface area contributed by atoms with Crippen molar-refractivity contribution in [1.82, 2.24) is 43.8 Å². The monoisotopic (exact) mass is 879 g/mol. The fourth-order valence-corrected chi connectivity index (χ4v) is 10.2. The van der Waals surface area contributed by atoms with Gasteiger partial charge < -0.3 is 20.0 Å². The van der Waals surface area contributed by atoms with E-state index in [-0.39, 0.29) is 47.9 Å². The van der Waals surface area contributed by atoms with Crippen LogP contribution in [0.15, 0.2) is 47.5 Å². The number of unbranched alkanes of at least 4 members (excludes halogenated alkanes) is 2. The fourth-order valence-electron chi connectivity index (χ4n) is 10.2. The quantitative estimate of drug-likeness (QED) is 0.119. The van der Waals surface area contributed by atoms with Gasteiger partial charge in [-0.25, -0.2) is 13.6 Å². The molecule has 4 aliphatic rings. The summed E-state index contributed by atoms with van der Waals surface area (Å²) in [4.78, 5) is 69.6. The molecular weight excluding hydrogens is 825 g/mol. The number of carbonyl (C=O) groups is 4. The van der Waals surface area contributed by atoms with E-state index >= 15 is 0 Å². The van der Waals surface area contributed by atoms with Crippen LogP contribution in [0.5, 0.6) is 0 Å². The van der Waals surface area contributed by atoms with Gasteiger partial charge in [-0.3, -0.25) is 43.0 Å². The topological polar surface area (TPSA) is 165 Å². The van der Waals surface area contributed by atoms with E-state index in [2.05, 4.69) is 25.3 Å². The molecule has 3 aromatic heterocycles. The summed E-state index contributed by atoms with van der Waals surface area (Å²) in [7, 11) is 3.45. The molecule has 7 heterocycles. The van der Waals surface area contributed by atoms with E-state index in [1.807, 2.05) is 34.1 Å². The summed E-state index contributed by atoms with van der Waals surface area (Å²) >= 11 is 0. The number of anilines is 3. The maximum atomic E-state index is 14.7. The molecule has 0 bridgehead atoms. The van der Waals surface area contributed by atoms with Gasteiger partial charge >= 0.3 is 5.69 Å². The third kappa shape index (κ3) is 8.06. The van der Waals surface area contributed by atoms with Crippen LogP contribution in [-0.2, 0) is 52.7 Å². The standard InChI is InChI=1S/C46H55F2N11O5/c1-28(60)56-22-17-36-34(27-56)44(57-19-8-9-29-23-32(30-25-50-53(2)26-30)33(43(47)48)24-39(29)57)52-59(36)31-15-20-55(21-16-31)41(62)12-5-4-6-18-49-35-10-7-11-37-42(35)54(3)46(64)58(37)38-13-14-40(61)51-45(38)63/h7,10-11,23-26,31,38,43,49H,4-6,8-9,12-22,27H2,1-3H3,(H,51,61,63). The molecule has 0 saturated carbocycles. The van der Waals surface area contributed by atoms with Crippen molar-refractivity contribution in [2.75, 3.05) is 42.9 Å². The van der Waals surface area contributed by atoms with Gasteiger partial charge in [0.05, 0.1) is 35.5 Å². The molecule has 2 saturated heterocycles. The average molecular weight is 880 g/mol. The number of rotatable bonds is 12. The Morgan fingerprint density at radius 3 is 2.50 bits per heavy atom. The van der Waals surface area contributed by atoms with Crippen LogP contribution in [0, 0.1) is 0 Å². The molecule has 2 aromatic carbocycles. The summed E-state index contributed by atoms with van der Waals surface area (Å²) in [6, 6.07) is 8.37. The normalized spacial score (nSPS) is 18.2. The summed E-state index contributed by atoms with van der Waals surface area (Å²) in [6.07, 6.45) is 7.66. The van der Waals surface area contributed by atoms with Gasteiger partial charge in [0.15, 0.2) is 5.82 Å². The Morgan fingerprint density at radius 2 is 1.77 bits per heavy atom. The van der Waals surface area contributed by atoms with E-state index in [0.29, 0.717) is 74.3 Å². The Kier molecular flexibility index (Phi) is 11.9. The molecule has 9 rings (SSSR count). The first-order chi connectivity index (χ1) is 30.9. The number of para-hydroxylation sites is 1. The second-order valence-corrected chi connectivity index (χ2v) is 17.6. The van der Waals surface area contributed by atoms with E-state index in [1.54, 1.807) is 44.2 Å². The third-order valence-electron chi connectivity index (χ3n) is 13.6. The molecule has 18 heteroatoms. The molecule has 2 N–H and O–H groups in total. The number of aromatic nitrogens is 6. The number of hydrogen-bond donors (Lipinski definition) is 2. The SMILES string of the molecule is CC(=O)N1CCc2c(c(N3CCCc4cc(-c5cnn(C)c5)c(C(F)F)cc43)nn2C2CCN(C(=O)CCCCCNc3cccc4c3n(C)c(=O)n4C3CCC(=O)NC3=O)CC2)C1. The van der Waals surface area contributed by atoms with Crippen LogP contribution < -0.4 is 21.2 Å². The zero-order valence-corrected chi connectivity index (χ0v) is 36.6. The van der Waals surface area contributed by atoms with Gasteiger partial charge in [0.2, 0.25) is 23.6 Å². The third-order valence-corrected chi connectivity index (χ3v) is 13.6. The van der Waals surface area contributed by atoms with Crippen LogP contribution in [0.25, 0.3) is 22.2 Å². The zero-order chi connectivity index (χ0) is 44.8. The number of piperidine rings is 2. The van der Waals surface area contributed by atoms with E-state index in [4.69, 9.17) is 5.10 Å². The summed E-state index contributed by atoms with van der Waals surface area (Å²) in [5, 5.41) is 15.3. The van der Waals surface area contributed by atoms with Crippen molar-refractivity contribution in [3.63, 3.8) is 0 Å². The van der Waals surface area contributed by atoms with Gasteiger partial charge in [0.25, 0.3) is 6.43 Å². The second kappa shape index (κ2) is 17.7. The van der Waals surface area contributed by atoms with Crippen molar-refractivity contribution in [3.8, 4) is 11.1 Å². The number of likely N-dealkylation sites (tertiary alicyclic amines) is 1. The molecule has 1 atom stereocenters. The lowest BCUT2D eigenvalue weighted by Crippen LogP contribution is -2.44. The summed E-state index contributed by atoms with van der Waals surface area (Å²) < 4.78 is 36.2. The summed E-state index contributed by atoms with van der Waals surface area (Å²) in [6.45, 7) is 5.03. The van der Waals surface area contributed by atoms with Crippen molar-refractivity contribution < 1.29 is 28.0 Å². The Bertz CT molecular complexity index is 2690. The first-order valence-electron chi connectivity index (χ1n) is 22.5. The molecule has 0 spiro atoms. The minimum absolute atomic E-state index is 0.0162. The first kappa shape index (κ1) is 42.9. The highest BCUT2D eigenvalue weighted by Gasteiger charge is 2.36. The number of halogens is 2. The number of amides is 4. The van der Waals surface area contributed by atoms with Crippen LogP contribution >= 0.6 is 0 Å². The molecule has 2 fully saturated rings. The van der Waals surface area contributed by atoms with Crippen molar-refractivity contribution in [3.05, 3.63) is 75.6 Å². The summed E-state index contributed by atoms with van der Waals surface area (Å²) in [5.41, 5.74) is 6.61. The molecule has 16 nitrogen and oxygen atoms in total. The lowest BCUT2D eigenvalue weighted by molar-refractivity contribution is -0.136. The lowest BCUT2D eigenvalue weighted by atomic mass is 9.92. The maximum Gasteiger partial charge on any atom is 0.329 e. The van der Waals surface area contributed by atoms with Crippen LogP contribution in [0.1, 0.15) is 106 Å². The van der Waals surface area contributed by atoms with E-state index < -0.39 is 18.4 Å². The van der Waals surface area contributed by atoms with Gasteiger partial charge in [-0.1, -0.05) is 12.5 Å². The number of hydrogen-bond acceptors (Lipinski definition) is 9. The Morgan fingerprint density at radius 1 is 0.953 bits per heavy atom. The molecule has 338 valence electrons. The van der Waals surface area contributed by atoms with Gasteiger partial charge in [-0.05, 0) is 80.3 Å². The fraction of sp³-hybridized carbons (Fsp3) is 0.500. The van der Waals surface area contributed by atoms with E-state index in [0.717, 1.165) is 79.0 Å². The number of alkyl halides is 2. The second-order valence-electron chi connectivity index (χ2n) is 17.6. The molecule has 0 radical (unpaired) electrons. The zero-order valence-electron chi connectivity index (χ0n) is 36.6. The first-order valence-corrected chi connectivity index (χ1v) is 22.5. The highest BCUT2D eigenvalue weighted by atomic mass is 19.3. The maximum absolute atomic E-state index is 14.7. The number of imidazole rings is 1. The molecule has 4 aliphatic heterocycles. The lowest BCUT2D eigenvalue weighted by Gasteiger charge is -2.34. The highest BCUT2D eigenvalue weighted by molar-refractivity contribution is 6.00.